The van der Waals surface area contributed by atoms with Crippen molar-refractivity contribution in [3.63, 3.8) is 0 Å². The largest absolute Gasteiger partial charge is 0.389 e. The third kappa shape index (κ3) is 8.03. The Labute approximate surface area is 112 Å². The summed E-state index contributed by atoms with van der Waals surface area (Å²) >= 11 is 0. The summed E-state index contributed by atoms with van der Waals surface area (Å²) in [5.41, 5.74) is 4.94. The number of hydrogen-bond donors (Lipinski definition) is 2. The quantitative estimate of drug-likeness (QED) is 0.591. The molecular weight excluding hydrogens is 228 g/mol. The SMILES string of the molecule is CCC(O)(CN)CCCN(CCOC)CC(C)C. The first kappa shape index (κ1) is 17.8. The molecule has 0 bridgehead atoms. The summed E-state index contributed by atoms with van der Waals surface area (Å²) in [6.07, 6.45) is 2.49. The van der Waals surface area contributed by atoms with Crippen LogP contribution in [0.4, 0.5) is 0 Å². The maximum Gasteiger partial charge on any atom is 0.0767 e. The van der Waals surface area contributed by atoms with Gasteiger partial charge in [0.1, 0.15) is 0 Å². The van der Waals surface area contributed by atoms with Gasteiger partial charge in [-0.25, -0.2) is 0 Å². The zero-order chi connectivity index (χ0) is 14.0. The molecule has 0 saturated carbocycles. The Kier molecular flexibility index (Phi) is 9.64. The first-order chi connectivity index (χ1) is 8.47. The van der Waals surface area contributed by atoms with Gasteiger partial charge in [-0.05, 0) is 31.7 Å². The number of hydrogen-bond acceptors (Lipinski definition) is 4. The topological polar surface area (TPSA) is 58.7 Å². The summed E-state index contributed by atoms with van der Waals surface area (Å²) in [5.74, 6) is 0.654. The second-order valence-corrected chi connectivity index (χ2v) is 5.57. The molecule has 0 saturated heterocycles. The van der Waals surface area contributed by atoms with E-state index in [9.17, 15) is 5.11 Å². The minimum Gasteiger partial charge on any atom is -0.389 e. The normalized spacial score (nSPS) is 15.3. The van der Waals surface area contributed by atoms with Crippen molar-refractivity contribution in [2.24, 2.45) is 11.7 Å². The molecule has 110 valence electrons. The van der Waals surface area contributed by atoms with Gasteiger partial charge in [-0.15, -0.1) is 0 Å². The Morgan fingerprint density at radius 3 is 2.44 bits per heavy atom. The lowest BCUT2D eigenvalue weighted by molar-refractivity contribution is 0.0304. The van der Waals surface area contributed by atoms with Gasteiger partial charge in [0.2, 0.25) is 0 Å². The molecule has 0 aromatic heterocycles. The van der Waals surface area contributed by atoms with E-state index in [1.807, 2.05) is 6.92 Å². The molecule has 0 fully saturated rings. The summed E-state index contributed by atoms with van der Waals surface area (Å²) in [7, 11) is 1.73. The molecule has 3 N–H and O–H groups in total. The van der Waals surface area contributed by atoms with Crippen molar-refractivity contribution in [1.82, 2.24) is 4.90 Å². The Morgan fingerprint density at radius 1 is 1.33 bits per heavy atom. The average molecular weight is 260 g/mol. The molecule has 0 heterocycles. The first-order valence-corrected chi connectivity index (χ1v) is 7.11. The molecule has 0 aliphatic rings. The molecule has 0 amide bonds. The Bertz CT molecular complexity index is 194. The number of aliphatic hydroxyl groups is 1. The van der Waals surface area contributed by atoms with Gasteiger partial charge in [0.25, 0.3) is 0 Å². The van der Waals surface area contributed by atoms with Gasteiger partial charge < -0.3 is 20.5 Å². The minimum atomic E-state index is -0.676. The van der Waals surface area contributed by atoms with Gasteiger partial charge in [0, 0.05) is 26.7 Å². The van der Waals surface area contributed by atoms with Crippen molar-refractivity contribution >= 4 is 0 Å². The highest BCUT2D eigenvalue weighted by Gasteiger charge is 2.22. The van der Waals surface area contributed by atoms with Gasteiger partial charge >= 0.3 is 0 Å². The van der Waals surface area contributed by atoms with E-state index in [4.69, 9.17) is 10.5 Å². The van der Waals surface area contributed by atoms with Crippen LogP contribution in [-0.4, -0.2) is 55.5 Å². The lowest BCUT2D eigenvalue weighted by atomic mass is 9.95. The van der Waals surface area contributed by atoms with Crippen molar-refractivity contribution in [3.8, 4) is 0 Å². The van der Waals surface area contributed by atoms with E-state index >= 15 is 0 Å². The third-order valence-electron chi connectivity index (χ3n) is 3.39. The van der Waals surface area contributed by atoms with Crippen LogP contribution in [-0.2, 0) is 4.74 Å². The number of rotatable bonds is 11. The fourth-order valence-electron chi connectivity index (χ4n) is 2.09. The van der Waals surface area contributed by atoms with E-state index in [-0.39, 0.29) is 0 Å². The number of nitrogens with two attached hydrogens (primary N) is 1. The summed E-state index contributed by atoms with van der Waals surface area (Å²) in [6, 6.07) is 0. The summed E-state index contributed by atoms with van der Waals surface area (Å²) in [4.78, 5) is 2.40. The second kappa shape index (κ2) is 9.73. The molecule has 4 heteroatoms. The molecule has 0 aliphatic heterocycles. The van der Waals surface area contributed by atoms with E-state index in [1.165, 1.54) is 0 Å². The molecule has 0 aromatic carbocycles. The van der Waals surface area contributed by atoms with E-state index in [2.05, 4.69) is 18.7 Å². The molecule has 0 aromatic rings. The zero-order valence-corrected chi connectivity index (χ0v) is 12.6. The highest BCUT2D eigenvalue weighted by atomic mass is 16.5. The van der Waals surface area contributed by atoms with Crippen LogP contribution in [0.1, 0.15) is 40.0 Å². The minimum absolute atomic E-state index is 0.353. The van der Waals surface area contributed by atoms with Gasteiger partial charge in [-0.1, -0.05) is 20.8 Å². The van der Waals surface area contributed by atoms with Crippen molar-refractivity contribution in [2.75, 3.05) is 39.9 Å². The predicted molar refractivity (Wildman–Crippen MR) is 76.7 cm³/mol. The van der Waals surface area contributed by atoms with Crippen LogP contribution in [0.2, 0.25) is 0 Å². The summed E-state index contributed by atoms with van der Waals surface area (Å²) < 4.78 is 5.13. The molecule has 18 heavy (non-hydrogen) atoms. The van der Waals surface area contributed by atoms with Crippen LogP contribution in [0.5, 0.6) is 0 Å². The summed E-state index contributed by atoms with van der Waals surface area (Å²) in [6.45, 7) is 10.6. The average Bonchev–Trinajstić information content (AvgIpc) is 2.34. The molecule has 0 spiro atoms. The molecular formula is C14H32N2O2. The Morgan fingerprint density at radius 2 is 2.00 bits per heavy atom. The third-order valence-corrected chi connectivity index (χ3v) is 3.39. The van der Waals surface area contributed by atoms with Crippen molar-refractivity contribution in [1.29, 1.82) is 0 Å². The molecule has 1 atom stereocenters. The van der Waals surface area contributed by atoms with Crippen LogP contribution in [0, 0.1) is 5.92 Å². The van der Waals surface area contributed by atoms with Crippen molar-refractivity contribution in [2.45, 2.75) is 45.6 Å². The maximum atomic E-state index is 10.1. The summed E-state index contributed by atoms with van der Waals surface area (Å²) in [5, 5.41) is 10.1. The van der Waals surface area contributed by atoms with Gasteiger partial charge in [-0.2, -0.15) is 0 Å². The number of nitrogens with zero attached hydrogens (tertiary/aromatic N) is 1. The molecule has 0 rings (SSSR count). The zero-order valence-electron chi connectivity index (χ0n) is 12.6. The highest BCUT2D eigenvalue weighted by molar-refractivity contribution is 4.78. The van der Waals surface area contributed by atoms with Gasteiger partial charge in [0.15, 0.2) is 0 Å². The molecule has 1 unspecified atom stereocenters. The number of ether oxygens (including phenoxy) is 1. The molecule has 0 radical (unpaired) electrons. The van der Waals surface area contributed by atoms with Crippen LogP contribution >= 0.6 is 0 Å². The van der Waals surface area contributed by atoms with E-state index < -0.39 is 5.60 Å². The van der Waals surface area contributed by atoms with Crippen LogP contribution in [0.15, 0.2) is 0 Å². The maximum absolute atomic E-state index is 10.1. The monoisotopic (exact) mass is 260 g/mol. The second-order valence-electron chi connectivity index (χ2n) is 5.57. The van der Waals surface area contributed by atoms with Gasteiger partial charge in [-0.3, -0.25) is 0 Å². The fourth-order valence-corrected chi connectivity index (χ4v) is 2.09. The fraction of sp³-hybridized carbons (Fsp3) is 1.00. The number of methoxy groups -OCH3 is 1. The smallest absolute Gasteiger partial charge is 0.0767 e. The Balaban J connectivity index is 4.01. The highest BCUT2D eigenvalue weighted by Crippen LogP contribution is 2.16. The van der Waals surface area contributed by atoms with E-state index in [0.29, 0.717) is 12.5 Å². The van der Waals surface area contributed by atoms with Gasteiger partial charge in [0.05, 0.1) is 12.2 Å². The van der Waals surface area contributed by atoms with E-state index in [0.717, 1.165) is 45.5 Å². The van der Waals surface area contributed by atoms with Crippen molar-refractivity contribution in [3.05, 3.63) is 0 Å². The Hall–Kier alpha value is -0.160. The predicted octanol–water partition coefficient (Wildman–Crippen LogP) is 1.47. The lowest BCUT2D eigenvalue weighted by Gasteiger charge is -2.28. The van der Waals surface area contributed by atoms with Crippen LogP contribution in [0.25, 0.3) is 0 Å². The van der Waals surface area contributed by atoms with Crippen LogP contribution in [0.3, 0.4) is 0 Å². The first-order valence-electron chi connectivity index (χ1n) is 7.11. The lowest BCUT2D eigenvalue weighted by Crippen LogP contribution is -2.38. The van der Waals surface area contributed by atoms with Crippen molar-refractivity contribution < 1.29 is 9.84 Å². The molecule has 4 nitrogen and oxygen atoms in total. The van der Waals surface area contributed by atoms with Crippen LogP contribution < -0.4 is 5.73 Å². The molecule has 0 aliphatic carbocycles. The standard InChI is InChI=1S/C14H32N2O2/c1-5-14(17,12-15)7-6-8-16(9-10-18-4)11-13(2)3/h13,17H,5-12,15H2,1-4H3. The van der Waals surface area contributed by atoms with E-state index in [1.54, 1.807) is 7.11 Å².